The Morgan fingerprint density at radius 1 is 1.15 bits per heavy atom. The summed E-state index contributed by atoms with van der Waals surface area (Å²) < 4.78 is 1.04. The molecule has 0 aliphatic heterocycles. The molecule has 0 saturated heterocycles. The van der Waals surface area contributed by atoms with Gasteiger partial charge in [0, 0.05) is 33.2 Å². The summed E-state index contributed by atoms with van der Waals surface area (Å²) >= 11 is 15.5. The lowest BCUT2D eigenvalue weighted by Crippen LogP contribution is -2.21. The Labute approximate surface area is 136 Å². The molecule has 0 radical (unpaired) electrons. The minimum atomic E-state index is -0.691. The first-order chi connectivity index (χ1) is 9.58. The fourth-order valence-electron chi connectivity index (χ4n) is 1.87. The zero-order valence-electron chi connectivity index (χ0n) is 10.6. The van der Waals surface area contributed by atoms with Crippen LogP contribution in [0.15, 0.2) is 46.9 Å². The lowest BCUT2D eigenvalue weighted by molar-refractivity contribution is 0.174. The number of benzene rings is 2. The molecule has 1 unspecified atom stereocenters. The molecular weight excluding hydrogens is 361 g/mol. The number of halogens is 3. The Balaban J connectivity index is 1.94. The predicted octanol–water partition coefficient (Wildman–Crippen LogP) is 4.58. The number of rotatable bonds is 5. The molecule has 0 bridgehead atoms. The molecule has 106 valence electrons. The average molecular weight is 375 g/mol. The second-order valence-corrected chi connectivity index (χ2v) is 6.10. The molecule has 0 aliphatic carbocycles. The summed E-state index contributed by atoms with van der Waals surface area (Å²) in [6, 6.07) is 13.0. The van der Waals surface area contributed by atoms with E-state index in [9.17, 15) is 5.11 Å². The highest BCUT2D eigenvalue weighted by atomic mass is 79.9. The number of hydrogen-bond donors (Lipinski definition) is 2. The molecular formula is C15H14BrCl2NO. The van der Waals surface area contributed by atoms with E-state index in [1.54, 1.807) is 18.2 Å². The van der Waals surface area contributed by atoms with Crippen molar-refractivity contribution in [1.82, 2.24) is 5.32 Å². The van der Waals surface area contributed by atoms with E-state index in [1.807, 2.05) is 24.3 Å². The zero-order chi connectivity index (χ0) is 14.5. The van der Waals surface area contributed by atoms with Gasteiger partial charge in [0.05, 0.1) is 6.10 Å². The van der Waals surface area contributed by atoms with Crippen molar-refractivity contribution >= 4 is 39.1 Å². The molecule has 5 heteroatoms. The normalized spacial score (nSPS) is 12.4. The van der Waals surface area contributed by atoms with E-state index in [-0.39, 0.29) is 0 Å². The minimum absolute atomic E-state index is 0.404. The summed E-state index contributed by atoms with van der Waals surface area (Å²) in [6.07, 6.45) is -0.691. The van der Waals surface area contributed by atoms with Crippen LogP contribution in [0.1, 0.15) is 17.2 Å². The van der Waals surface area contributed by atoms with Gasteiger partial charge < -0.3 is 10.4 Å². The number of aliphatic hydroxyl groups excluding tert-OH is 1. The molecule has 0 aliphatic rings. The van der Waals surface area contributed by atoms with E-state index in [4.69, 9.17) is 23.2 Å². The van der Waals surface area contributed by atoms with E-state index >= 15 is 0 Å². The summed E-state index contributed by atoms with van der Waals surface area (Å²) in [5.74, 6) is 0. The molecule has 2 rings (SSSR count). The lowest BCUT2D eigenvalue weighted by Gasteiger charge is -2.14. The van der Waals surface area contributed by atoms with Gasteiger partial charge in [-0.3, -0.25) is 0 Å². The predicted molar refractivity (Wildman–Crippen MR) is 87.3 cm³/mol. The Morgan fingerprint density at radius 3 is 2.65 bits per heavy atom. The molecule has 0 amide bonds. The number of aliphatic hydroxyl groups is 1. The molecule has 1 atom stereocenters. The Bertz CT molecular complexity index is 592. The monoisotopic (exact) mass is 373 g/mol. The summed E-state index contributed by atoms with van der Waals surface area (Å²) in [6.45, 7) is 1.07. The van der Waals surface area contributed by atoms with Crippen LogP contribution in [0, 0.1) is 0 Å². The topological polar surface area (TPSA) is 32.3 Å². The van der Waals surface area contributed by atoms with Crippen molar-refractivity contribution in [2.45, 2.75) is 12.6 Å². The second-order valence-electron chi connectivity index (χ2n) is 4.40. The zero-order valence-corrected chi connectivity index (χ0v) is 13.7. The van der Waals surface area contributed by atoms with Crippen LogP contribution >= 0.6 is 39.1 Å². The van der Waals surface area contributed by atoms with E-state index in [0.717, 1.165) is 10.0 Å². The number of hydrogen-bond acceptors (Lipinski definition) is 2. The molecule has 2 aromatic rings. The van der Waals surface area contributed by atoms with Crippen molar-refractivity contribution < 1.29 is 5.11 Å². The first kappa shape index (κ1) is 15.8. The van der Waals surface area contributed by atoms with Crippen LogP contribution < -0.4 is 5.32 Å². The van der Waals surface area contributed by atoms with Gasteiger partial charge in [-0.15, -0.1) is 0 Å². The van der Waals surface area contributed by atoms with E-state index in [0.29, 0.717) is 28.7 Å². The maximum absolute atomic E-state index is 10.2. The second kappa shape index (κ2) is 7.43. The third-order valence-corrected chi connectivity index (χ3v) is 4.28. The smallest absolute Gasteiger partial charge is 0.0929 e. The van der Waals surface area contributed by atoms with Gasteiger partial charge in [0.1, 0.15) is 0 Å². The van der Waals surface area contributed by atoms with Gasteiger partial charge in [-0.05, 0) is 29.8 Å². The van der Waals surface area contributed by atoms with Crippen molar-refractivity contribution in [3.8, 4) is 0 Å². The minimum Gasteiger partial charge on any atom is -0.387 e. The standard InChI is InChI=1S/C15H14BrCl2NO/c16-13-4-2-1-3-10(13)8-19-9-15(20)12-7-11(17)5-6-14(12)18/h1-7,15,19-20H,8-9H2. The third kappa shape index (κ3) is 4.21. The fraction of sp³-hybridized carbons (Fsp3) is 0.200. The third-order valence-electron chi connectivity index (χ3n) is 2.93. The van der Waals surface area contributed by atoms with Crippen LogP contribution in [-0.2, 0) is 6.54 Å². The van der Waals surface area contributed by atoms with Crippen molar-refractivity contribution in [3.63, 3.8) is 0 Å². The molecule has 0 heterocycles. The highest BCUT2D eigenvalue weighted by Crippen LogP contribution is 2.26. The van der Waals surface area contributed by atoms with Crippen LogP contribution in [0.4, 0.5) is 0 Å². The maximum Gasteiger partial charge on any atom is 0.0929 e. The quantitative estimate of drug-likeness (QED) is 0.802. The van der Waals surface area contributed by atoms with E-state index < -0.39 is 6.10 Å². The molecule has 2 N–H and O–H groups in total. The van der Waals surface area contributed by atoms with Crippen molar-refractivity contribution in [3.05, 3.63) is 68.1 Å². The van der Waals surface area contributed by atoms with Crippen LogP contribution in [-0.4, -0.2) is 11.7 Å². The van der Waals surface area contributed by atoms with Gasteiger partial charge in [0.2, 0.25) is 0 Å². The summed E-state index contributed by atoms with van der Waals surface area (Å²) in [5, 5.41) is 14.4. The van der Waals surface area contributed by atoms with Crippen LogP contribution in [0.3, 0.4) is 0 Å². The lowest BCUT2D eigenvalue weighted by atomic mass is 10.1. The molecule has 0 saturated carbocycles. The number of nitrogens with one attached hydrogen (secondary N) is 1. The van der Waals surface area contributed by atoms with E-state index in [2.05, 4.69) is 21.2 Å². The first-order valence-electron chi connectivity index (χ1n) is 6.15. The van der Waals surface area contributed by atoms with Crippen LogP contribution in [0.25, 0.3) is 0 Å². The van der Waals surface area contributed by atoms with Crippen LogP contribution in [0.2, 0.25) is 10.0 Å². The van der Waals surface area contributed by atoms with Gasteiger partial charge in [-0.25, -0.2) is 0 Å². The van der Waals surface area contributed by atoms with Gasteiger partial charge in [0.15, 0.2) is 0 Å². The maximum atomic E-state index is 10.2. The highest BCUT2D eigenvalue weighted by molar-refractivity contribution is 9.10. The Kier molecular flexibility index (Phi) is 5.87. The largest absolute Gasteiger partial charge is 0.387 e. The molecule has 0 aromatic heterocycles. The molecule has 0 fully saturated rings. The van der Waals surface area contributed by atoms with Crippen molar-refractivity contribution in [1.29, 1.82) is 0 Å². The first-order valence-corrected chi connectivity index (χ1v) is 7.70. The summed E-state index contributed by atoms with van der Waals surface area (Å²) in [5.41, 5.74) is 1.77. The van der Waals surface area contributed by atoms with Crippen molar-refractivity contribution in [2.75, 3.05) is 6.54 Å². The molecule has 0 spiro atoms. The van der Waals surface area contributed by atoms with Gasteiger partial charge >= 0.3 is 0 Å². The molecule has 2 nitrogen and oxygen atoms in total. The van der Waals surface area contributed by atoms with Crippen molar-refractivity contribution in [2.24, 2.45) is 0 Å². The Hall–Kier alpha value is -0.580. The summed E-state index contributed by atoms with van der Waals surface area (Å²) in [7, 11) is 0. The average Bonchev–Trinajstić information content (AvgIpc) is 2.43. The highest BCUT2D eigenvalue weighted by Gasteiger charge is 2.12. The van der Waals surface area contributed by atoms with Gasteiger partial charge in [-0.2, -0.15) is 0 Å². The SMILES string of the molecule is OC(CNCc1ccccc1Br)c1cc(Cl)ccc1Cl. The Morgan fingerprint density at radius 2 is 1.90 bits per heavy atom. The van der Waals surface area contributed by atoms with E-state index in [1.165, 1.54) is 0 Å². The van der Waals surface area contributed by atoms with Gasteiger partial charge in [-0.1, -0.05) is 57.3 Å². The fourth-order valence-corrected chi connectivity index (χ4v) is 2.71. The summed E-state index contributed by atoms with van der Waals surface area (Å²) in [4.78, 5) is 0. The molecule has 2 aromatic carbocycles. The molecule has 20 heavy (non-hydrogen) atoms. The van der Waals surface area contributed by atoms with Gasteiger partial charge in [0.25, 0.3) is 0 Å². The van der Waals surface area contributed by atoms with Crippen LogP contribution in [0.5, 0.6) is 0 Å².